The van der Waals surface area contributed by atoms with Crippen LogP contribution in [0.25, 0.3) is 0 Å². The average Bonchev–Trinajstić information content (AvgIpc) is 2.83. The van der Waals surface area contributed by atoms with E-state index in [0.717, 1.165) is 18.4 Å². The molecule has 2 aromatic rings. The van der Waals surface area contributed by atoms with Gasteiger partial charge in [0.15, 0.2) is 0 Å². The molecule has 0 radical (unpaired) electrons. The van der Waals surface area contributed by atoms with Crippen LogP contribution in [0, 0.1) is 0 Å². The lowest BCUT2D eigenvalue weighted by Crippen LogP contribution is -2.38. The lowest BCUT2D eigenvalue weighted by Gasteiger charge is -2.18. The Hall–Kier alpha value is -2.13. The van der Waals surface area contributed by atoms with Crippen molar-refractivity contribution in [2.24, 2.45) is 5.73 Å². The van der Waals surface area contributed by atoms with Gasteiger partial charge in [-0.2, -0.15) is 0 Å². The van der Waals surface area contributed by atoms with Crippen LogP contribution in [0.4, 0.5) is 0 Å². The highest BCUT2D eigenvalue weighted by Gasteiger charge is 2.30. The topological polar surface area (TPSA) is 55.1 Å². The maximum atomic E-state index is 12.4. The van der Waals surface area contributed by atoms with Crippen molar-refractivity contribution in [1.82, 2.24) is 5.32 Å². The Bertz CT molecular complexity index is 649. The molecule has 3 nitrogen and oxygen atoms in total. The molecule has 2 atom stereocenters. The Morgan fingerprint density at radius 3 is 2.62 bits per heavy atom. The molecule has 0 spiro atoms. The molecule has 2 unspecified atom stereocenters. The number of benzene rings is 2. The summed E-state index contributed by atoms with van der Waals surface area (Å²) in [6.45, 7) is 2.10. The van der Waals surface area contributed by atoms with Crippen molar-refractivity contribution >= 4 is 5.91 Å². The summed E-state index contributed by atoms with van der Waals surface area (Å²) in [5, 5.41) is 3.07. The first-order valence-electron chi connectivity index (χ1n) is 7.42. The SMILES string of the molecule is CCc1ccc(C(=O)NC2c3ccccc3CC2N)cc1. The molecule has 2 aromatic carbocycles. The third-order valence-corrected chi connectivity index (χ3v) is 4.18. The summed E-state index contributed by atoms with van der Waals surface area (Å²) >= 11 is 0. The van der Waals surface area contributed by atoms with Crippen LogP contribution in [-0.2, 0) is 12.8 Å². The number of carbonyl (C=O) groups excluding carboxylic acids is 1. The van der Waals surface area contributed by atoms with Gasteiger partial charge in [0.05, 0.1) is 6.04 Å². The highest BCUT2D eigenvalue weighted by Crippen LogP contribution is 2.30. The van der Waals surface area contributed by atoms with E-state index in [1.165, 1.54) is 11.1 Å². The summed E-state index contributed by atoms with van der Waals surface area (Å²) < 4.78 is 0. The number of rotatable bonds is 3. The minimum absolute atomic E-state index is 0.0544. The van der Waals surface area contributed by atoms with Gasteiger partial charge in [0.2, 0.25) is 0 Å². The first kappa shape index (κ1) is 13.8. The second-order valence-electron chi connectivity index (χ2n) is 5.57. The van der Waals surface area contributed by atoms with Gasteiger partial charge in [0.1, 0.15) is 0 Å². The van der Waals surface area contributed by atoms with Gasteiger partial charge in [0.25, 0.3) is 5.91 Å². The molecule has 3 heteroatoms. The van der Waals surface area contributed by atoms with Gasteiger partial charge in [-0.25, -0.2) is 0 Å². The molecule has 0 heterocycles. The van der Waals surface area contributed by atoms with E-state index < -0.39 is 0 Å². The first-order chi connectivity index (χ1) is 10.2. The molecule has 1 amide bonds. The number of nitrogens with one attached hydrogen (secondary N) is 1. The number of aryl methyl sites for hydroxylation is 1. The summed E-state index contributed by atoms with van der Waals surface area (Å²) in [4.78, 5) is 12.4. The third-order valence-electron chi connectivity index (χ3n) is 4.18. The van der Waals surface area contributed by atoms with E-state index in [1.807, 2.05) is 42.5 Å². The normalized spacial score (nSPS) is 20.1. The van der Waals surface area contributed by atoms with Gasteiger partial charge in [-0.3, -0.25) is 4.79 Å². The van der Waals surface area contributed by atoms with Gasteiger partial charge in [-0.1, -0.05) is 43.3 Å². The van der Waals surface area contributed by atoms with Crippen molar-refractivity contribution in [2.75, 3.05) is 0 Å². The molecule has 0 saturated carbocycles. The minimum atomic E-state index is -0.0976. The number of hydrogen-bond acceptors (Lipinski definition) is 2. The van der Waals surface area contributed by atoms with Crippen molar-refractivity contribution < 1.29 is 4.79 Å². The Kier molecular flexibility index (Phi) is 3.76. The number of amides is 1. The molecule has 1 aliphatic rings. The molecule has 0 bridgehead atoms. The molecular weight excluding hydrogens is 260 g/mol. The van der Waals surface area contributed by atoms with Crippen LogP contribution in [0.5, 0.6) is 0 Å². The van der Waals surface area contributed by atoms with Crippen LogP contribution >= 0.6 is 0 Å². The molecule has 0 saturated heterocycles. The van der Waals surface area contributed by atoms with Crippen molar-refractivity contribution in [3.8, 4) is 0 Å². The predicted molar refractivity (Wildman–Crippen MR) is 84.1 cm³/mol. The zero-order valence-corrected chi connectivity index (χ0v) is 12.2. The van der Waals surface area contributed by atoms with Crippen LogP contribution in [0.15, 0.2) is 48.5 Å². The monoisotopic (exact) mass is 280 g/mol. The Morgan fingerprint density at radius 2 is 1.90 bits per heavy atom. The smallest absolute Gasteiger partial charge is 0.251 e. The average molecular weight is 280 g/mol. The van der Waals surface area contributed by atoms with Gasteiger partial charge < -0.3 is 11.1 Å². The van der Waals surface area contributed by atoms with E-state index in [-0.39, 0.29) is 18.0 Å². The second kappa shape index (κ2) is 5.70. The second-order valence-corrected chi connectivity index (χ2v) is 5.57. The molecule has 108 valence electrons. The Labute approximate surface area is 125 Å². The van der Waals surface area contributed by atoms with E-state index in [4.69, 9.17) is 5.73 Å². The van der Waals surface area contributed by atoms with E-state index >= 15 is 0 Å². The number of fused-ring (bicyclic) bond motifs is 1. The molecule has 1 aliphatic carbocycles. The molecular formula is C18H20N2O. The number of hydrogen-bond donors (Lipinski definition) is 2. The lowest BCUT2D eigenvalue weighted by atomic mass is 10.1. The van der Waals surface area contributed by atoms with E-state index in [0.29, 0.717) is 5.56 Å². The molecule has 21 heavy (non-hydrogen) atoms. The molecule has 3 rings (SSSR count). The zero-order chi connectivity index (χ0) is 14.8. The Morgan fingerprint density at radius 1 is 1.19 bits per heavy atom. The van der Waals surface area contributed by atoms with Crippen LogP contribution in [0.2, 0.25) is 0 Å². The highest BCUT2D eigenvalue weighted by molar-refractivity contribution is 5.94. The number of nitrogens with two attached hydrogens (primary N) is 1. The van der Waals surface area contributed by atoms with Crippen LogP contribution in [0.1, 0.15) is 40.0 Å². The lowest BCUT2D eigenvalue weighted by molar-refractivity contribution is 0.0933. The standard InChI is InChI=1S/C18H20N2O/c1-2-12-7-9-13(10-8-12)18(21)20-17-15-6-4-3-5-14(15)11-16(17)19/h3-10,16-17H,2,11,19H2,1H3,(H,20,21). The van der Waals surface area contributed by atoms with Crippen molar-refractivity contribution in [2.45, 2.75) is 31.8 Å². The maximum Gasteiger partial charge on any atom is 0.251 e. The van der Waals surface area contributed by atoms with Crippen LogP contribution in [0.3, 0.4) is 0 Å². The third kappa shape index (κ3) is 2.69. The fourth-order valence-electron chi connectivity index (χ4n) is 2.93. The van der Waals surface area contributed by atoms with Crippen molar-refractivity contribution in [3.63, 3.8) is 0 Å². The van der Waals surface area contributed by atoms with E-state index in [9.17, 15) is 4.79 Å². The molecule has 3 N–H and O–H groups in total. The minimum Gasteiger partial charge on any atom is -0.344 e. The zero-order valence-electron chi connectivity index (χ0n) is 12.2. The Balaban J connectivity index is 1.78. The summed E-state index contributed by atoms with van der Waals surface area (Å²) in [6, 6.07) is 15.7. The predicted octanol–water partition coefficient (Wildman–Crippen LogP) is 2.60. The van der Waals surface area contributed by atoms with Gasteiger partial charge in [0, 0.05) is 11.6 Å². The first-order valence-corrected chi connectivity index (χ1v) is 7.42. The van der Waals surface area contributed by atoms with Gasteiger partial charge >= 0.3 is 0 Å². The summed E-state index contributed by atoms with van der Waals surface area (Å²) in [6.07, 6.45) is 1.79. The summed E-state index contributed by atoms with van der Waals surface area (Å²) in [7, 11) is 0. The van der Waals surface area contributed by atoms with E-state index in [1.54, 1.807) is 0 Å². The van der Waals surface area contributed by atoms with Crippen molar-refractivity contribution in [3.05, 3.63) is 70.8 Å². The fraction of sp³-hybridized carbons (Fsp3) is 0.278. The maximum absolute atomic E-state index is 12.4. The number of carbonyl (C=O) groups is 1. The van der Waals surface area contributed by atoms with Gasteiger partial charge in [-0.05, 0) is 41.7 Å². The van der Waals surface area contributed by atoms with Crippen molar-refractivity contribution in [1.29, 1.82) is 0 Å². The summed E-state index contributed by atoms with van der Waals surface area (Å²) in [5.74, 6) is -0.0604. The van der Waals surface area contributed by atoms with Crippen LogP contribution < -0.4 is 11.1 Å². The van der Waals surface area contributed by atoms with E-state index in [2.05, 4.69) is 18.3 Å². The molecule has 0 aliphatic heterocycles. The highest BCUT2D eigenvalue weighted by atomic mass is 16.1. The fourth-order valence-corrected chi connectivity index (χ4v) is 2.93. The van der Waals surface area contributed by atoms with Gasteiger partial charge in [-0.15, -0.1) is 0 Å². The quantitative estimate of drug-likeness (QED) is 0.908. The largest absolute Gasteiger partial charge is 0.344 e. The van der Waals surface area contributed by atoms with Crippen LogP contribution in [-0.4, -0.2) is 11.9 Å². The molecule has 0 aromatic heterocycles. The summed E-state index contributed by atoms with van der Waals surface area (Å²) in [5.41, 5.74) is 10.5. The molecule has 0 fully saturated rings.